The number of esters is 2. The summed E-state index contributed by atoms with van der Waals surface area (Å²) >= 11 is 0. The zero-order valence-corrected chi connectivity index (χ0v) is 22.3. The van der Waals surface area contributed by atoms with Crippen LogP contribution in [0.4, 0.5) is 0 Å². The van der Waals surface area contributed by atoms with E-state index in [2.05, 4.69) is 0 Å². The first-order chi connectivity index (χ1) is 15.0. The molecule has 0 heterocycles. The number of carbonyl (C=O) groups is 2. The van der Waals surface area contributed by atoms with Gasteiger partial charge < -0.3 is 33.2 Å². The second-order valence-corrected chi connectivity index (χ2v) is 10.5. The monoisotopic (exact) mass is 478 g/mol. The minimum Gasteiger partial charge on any atom is -0.461 e. The van der Waals surface area contributed by atoms with E-state index in [0.29, 0.717) is 13.2 Å². The highest BCUT2D eigenvalue weighted by Crippen LogP contribution is 2.14. The third kappa shape index (κ3) is 16.9. The quantitative estimate of drug-likeness (QED) is 0.244. The van der Waals surface area contributed by atoms with E-state index in [-0.39, 0.29) is 50.8 Å². The maximum Gasteiger partial charge on any atom is 0.337 e. The van der Waals surface area contributed by atoms with E-state index in [4.69, 9.17) is 33.2 Å². The summed E-state index contributed by atoms with van der Waals surface area (Å²) in [5.74, 6) is -0.923. The highest BCUT2D eigenvalue weighted by atomic mass is 16.6. The lowest BCUT2D eigenvalue weighted by molar-refractivity contribution is -0.174. The molecule has 0 amide bonds. The van der Waals surface area contributed by atoms with Crippen LogP contribution in [0.25, 0.3) is 0 Å². The van der Waals surface area contributed by atoms with Crippen molar-refractivity contribution in [3.8, 4) is 0 Å². The second kappa shape index (κ2) is 14.2. The zero-order valence-electron chi connectivity index (χ0n) is 22.3. The van der Waals surface area contributed by atoms with Crippen LogP contribution in [0.2, 0.25) is 0 Å². The first-order valence-electron chi connectivity index (χ1n) is 11.4. The van der Waals surface area contributed by atoms with Gasteiger partial charge in [0.2, 0.25) is 0 Å². The molecule has 0 N–H and O–H groups in total. The summed E-state index contributed by atoms with van der Waals surface area (Å²) in [4.78, 5) is 24.3. The van der Waals surface area contributed by atoms with Crippen LogP contribution >= 0.6 is 0 Å². The largest absolute Gasteiger partial charge is 0.461 e. The van der Waals surface area contributed by atoms with E-state index >= 15 is 0 Å². The van der Waals surface area contributed by atoms with Crippen molar-refractivity contribution in [1.82, 2.24) is 0 Å². The van der Waals surface area contributed by atoms with Crippen LogP contribution in [0.5, 0.6) is 0 Å². The molecule has 0 saturated carbocycles. The van der Waals surface area contributed by atoms with E-state index in [0.717, 1.165) is 0 Å². The van der Waals surface area contributed by atoms with Crippen LogP contribution in [0.15, 0.2) is 0 Å². The Bertz CT molecular complexity index is 521. The molecule has 33 heavy (non-hydrogen) atoms. The average Bonchev–Trinajstić information content (AvgIpc) is 2.65. The molecular weight excluding hydrogens is 432 g/mol. The van der Waals surface area contributed by atoms with E-state index in [9.17, 15) is 9.59 Å². The highest BCUT2D eigenvalue weighted by molar-refractivity contribution is 5.78. The Hall–Kier alpha value is -1.26. The fourth-order valence-electron chi connectivity index (χ4n) is 2.24. The van der Waals surface area contributed by atoms with Crippen molar-refractivity contribution in [2.24, 2.45) is 0 Å². The number of rotatable bonds is 16. The van der Waals surface area contributed by atoms with Crippen molar-refractivity contribution in [3.05, 3.63) is 0 Å². The molecule has 0 aromatic rings. The Balaban J connectivity index is 3.96. The van der Waals surface area contributed by atoms with Crippen LogP contribution in [0, 0.1) is 0 Å². The van der Waals surface area contributed by atoms with Crippen molar-refractivity contribution in [2.45, 2.75) is 91.6 Å². The summed E-state index contributed by atoms with van der Waals surface area (Å²) < 4.78 is 38.1. The van der Waals surface area contributed by atoms with E-state index in [1.54, 1.807) is 27.7 Å². The molecule has 0 saturated heterocycles. The van der Waals surface area contributed by atoms with Gasteiger partial charge in [0.15, 0.2) is 11.2 Å². The van der Waals surface area contributed by atoms with Gasteiger partial charge in [-0.1, -0.05) is 0 Å². The minimum atomic E-state index is -1.09. The molecule has 0 unspecified atom stereocenters. The molecule has 0 aliphatic rings. The predicted molar refractivity (Wildman–Crippen MR) is 124 cm³/mol. The van der Waals surface area contributed by atoms with E-state index in [1.165, 1.54) is 0 Å². The van der Waals surface area contributed by atoms with Gasteiger partial charge in [0, 0.05) is 0 Å². The van der Waals surface area contributed by atoms with Crippen LogP contribution in [-0.4, -0.2) is 87.2 Å². The van der Waals surface area contributed by atoms with Gasteiger partial charge in [-0.15, -0.1) is 0 Å². The van der Waals surface area contributed by atoms with Crippen molar-refractivity contribution >= 4 is 11.9 Å². The molecule has 0 aliphatic carbocycles. The molecule has 0 aliphatic heterocycles. The van der Waals surface area contributed by atoms with Gasteiger partial charge in [-0.2, -0.15) is 0 Å². The lowest BCUT2D eigenvalue weighted by Gasteiger charge is -2.25. The molecule has 9 heteroatoms. The Kier molecular flexibility index (Phi) is 13.7. The van der Waals surface area contributed by atoms with Gasteiger partial charge in [-0.3, -0.25) is 0 Å². The number of carbonyl (C=O) groups excluding carboxylic acids is 2. The SMILES string of the molecule is CC(C)(C)OCCOC(=O)C(C)(C)OCCOCCOC(C)(C)C(=O)OCCOC(C)(C)C. The molecule has 9 nitrogen and oxygen atoms in total. The fraction of sp³-hybridized carbons (Fsp3) is 0.917. The molecule has 0 atom stereocenters. The van der Waals surface area contributed by atoms with Gasteiger partial charge in [-0.05, 0) is 69.2 Å². The number of hydrogen-bond acceptors (Lipinski definition) is 9. The standard InChI is InChI=1S/C24H46O9/c1-21(2,3)30-17-13-28-19(25)23(7,8)32-15-11-27-12-16-33-24(9,10)20(26)29-14-18-31-22(4,5)6/h11-18H2,1-10H3. The fourth-order valence-corrected chi connectivity index (χ4v) is 2.24. The van der Waals surface area contributed by atoms with Gasteiger partial charge in [0.05, 0.1) is 50.8 Å². The molecular formula is C24H46O9. The molecule has 0 spiro atoms. The summed E-state index contributed by atoms with van der Waals surface area (Å²) in [6, 6.07) is 0. The summed E-state index contributed by atoms with van der Waals surface area (Å²) in [7, 11) is 0. The summed E-state index contributed by atoms with van der Waals surface area (Å²) in [6.45, 7) is 20.1. The summed E-state index contributed by atoms with van der Waals surface area (Å²) in [5.41, 5.74) is -2.75. The Morgan fingerprint density at radius 3 is 1.06 bits per heavy atom. The Morgan fingerprint density at radius 2 is 0.758 bits per heavy atom. The summed E-state index contributed by atoms with van der Waals surface area (Å²) in [6.07, 6.45) is 0. The molecule has 0 radical (unpaired) electrons. The number of hydrogen-bond donors (Lipinski definition) is 0. The topological polar surface area (TPSA) is 98.8 Å². The second-order valence-electron chi connectivity index (χ2n) is 10.5. The Labute approximate surface area is 199 Å². The van der Waals surface area contributed by atoms with Gasteiger partial charge in [0.1, 0.15) is 13.2 Å². The minimum absolute atomic E-state index is 0.165. The summed E-state index contributed by atoms with van der Waals surface area (Å²) in [5, 5.41) is 0. The zero-order chi connectivity index (χ0) is 25.8. The van der Waals surface area contributed by atoms with Crippen LogP contribution in [-0.2, 0) is 42.7 Å². The third-order valence-electron chi connectivity index (χ3n) is 4.07. The van der Waals surface area contributed by atoms with E-state index in [1.807, 2.05) is 41.5 Å². The molecule has 196 valence electrons. The first kappa shape index (κ1) is 31.7. The predicted octanol–water partition coefficient (Wildman–Crippen LogP) is 3.31. The third-order valence-corrected chi connectivity index (χ3v) is 4.07. The maximum atomic E-state index is 12.2. The van der Waals surface area contributed by atoms with Crippen molar-refractivity contribution in [2.75, 3.05) is 52.9 Å². The van der Waals surface area contributed by atoms with Crippen LogP contribution in [0.1, 0.15) is 69.2 Å². The lowest BCUT2D eigenvalue weighted by atomic mass is 10.1. The van der Waals surface area contributed by atoms with Crippen LogP contribution < -0.4 is 0 Å². The molecule has 0 aromatic heterocycles. The molecule has 0 rings (SSSR count). The highest BCUT2D eigenvalue weighted by Gasteiger charge is 2.31. The first-order valence-corrected chi connectivity index (χ1v) is 11.4. The van der Waals surface area contributed by atoms with Crippen LogP contribution in [0.3, 0.4) is 0 Å². The molecule has 0 aromatic carbocycles. The lowest BCUT2D eigenvalue weighted by Crippen LogP contribution is -2.39. The maximum absolute atomic E-state index is 12.2. The van der Waals surface area contributed by atoms with Crippen molar-refractivity contribution in [3.63, 3.8) is 0 Å². The molecule has 0 fully saturated rings. The van der Waals surface area contributed by atoms with E-state index < -0.39 is 23.1 Å². The van der Waals surface area contributed by atoms with Crippen molar-refractivity contribution < 1.29 is 42.7 Å². The average molecular weight is 479 g/mol. The number of ether oxygens (including phenoxy) is 7. The normalized spacial score (nSPS) is 13.2. The van der Waals surface area contributed by atoms with Gasteiger partial charge in [0.25, 0.3) is 0 Å². The van der Waals surface area contributed by atoms with Gasteiger partial charge in [-0.25, -0.2) is 9.59 Å². The smallest absolute Gasteiger partial charge is 0.337 e. The van der Waals surface area contributed by atoms with Crippen molar-refractivity contribution in [1.29, 1.82) is 0 Å². The molecule has 0 bridgehead atoms. The van der Waals surface area contributed by atoms with Gasteiger partial charge >= 0.3 is 11.9 Å². The Morgan fingerprint density at radius 1 is 0.455 bits per heavy atom.